The summed E-state index contributed by atoms with van der Waals surface area (Å²) in [5.74, 6) is 0. The molecule has 0 aliphatic carbocycles. The van der Waals surface area contributed by atoms with Gasteiger partial charge in [-0.15, -0.1) is 0 Å². The maximum atomic E-state index is 11.5. The molecule has 0 radical (unpaired) electrons. The first-order chi connectivity index (χ1) is 8.77. The van der Waals surface area contributed by atoms with Gasteiger partial charge in [0.25, 0.3) is 0 Å². The van der Waals surface area contributed by atoms with E-state index in [1.54, 1.807) is 0 Å². The zero-order chi connectivity index (χ0) is 13.2. The molecule has 4 nitrogen and oxygen atoms in total. The van der Waals surface area contributed by atoms with E-state index in [0.717, 1.165) is 18.4 Å². The van der Waals surface area contributed by atoms with Crippen molar-refractivity contribution in [2.75, 3.05) is 6.61 Å². The average Bonchev–Trinajstić information content (AvgIpc) is 2.39. The topological polar surface area (TPSA) is 62.1 Å². The van der Waals surface area contributed by atoms with Crippen molar-refractivity contribution in [3.63, 3.8) is 0 Å². The summed E-state index contributed by atoms with van der Waals surface area (Å²) in [6, 6.07) is 11.2. The number of hydrogen-bond donors (Lipinski definition) is 1. The number of nitriles is 1. The first-order valence-electron chi connectivity index (χ1n) is 6.13. The Balaban J connectivity index is 2.53. The molecule has 1 aromatic carbocycles. The van der Waals surface area contributed by atoms with Crippen molar-refractivity contribution in [3.05, 3.63) is 35.9 Å². The molecule has 18 heavy (non-hydrogen) atoms. The molecule has 0 saturated carbocycles. The first-order valence-corrected chi connectivity index (χ1v) is 6.13. The van der Waals surface area contributed by atoms with Crippen LogP contribution in [0.2, 0.25) is 0 Å². The Hall–Kier alpha value is -2.02. The highest BCUT2D eigenvalue weighted by molar-refractivity contribution is 5.67. The highest BCUT2D eigenvalue weighted by atomic mass is 16.5. The highest BCUT2D eigenvalue weighted by Gasteiger charge is 2.14. The van der Waals surface area contributed by atoms with E-state index in [-0.39, 0.29) is 12.5 Å². The van der Waals surface area contributed by atoms with Crippen LogP contribution in [0.1, 0.15) is 37.8 Å². The maximum absolute atomic E-state index is 11.5. The maximum Gasteiger partial charge on any atom is 0.407 e. The quantitative estimate of drug-likeness (QED) is 0.784. The SMILES string of the molecule is CCCCOC(=O)NC(CC#N)c1ccccc1. The normalized spacial score (nSPS) is 11.3. The summed E-state index contributed by atoms with van der Waals surface area (Å²) in [6.45, 7) is 2.44. The number of rotatable bonds is 6. The summed E-state index contributed by atoms with van der Waals surface area (Å²) in [4.78, 5) is 11.5. The second kappa shape index (κ2) is 8.13. The molecule has 1 rings (SSSR count). The van der Waals surface area contributed by atoms with Crippen molar-refractivity contribution in [1.29, 1.82) is 5.26 Å². The van der Waals surface area contributed by atoms with Crippen LogP contribution >= 0.6 is 0 Å². The number of carbonyl (C=O) groups is 1. The lowest BCUT2D eigenvalue weighted by atomic mass is 10.1. The lowest BCUT2D eigenvalue weighted by Crippen LogP contribution is -2.29. The second-order valence-corrected chi connectivity index (χ2v) is 3.96. The van der Waals surface area contributed by atoms with Gasteiger partial charge in [0.15, 0.2) is 0 Å². The Morgan fingerprint density at radius 1 is 1.44 bits per heavy atom. The van der Waals surface area contributed by atoms with Crippen LogP contribution < -0.4 is 5.32 Å². The zero-order valence-electron chi connectivity index (χ0n) is 10.6. The van der Waals surface area contributed by atoms with Gasteiger partial charge in [0.05, 0.1) is 25.1 Å². The Labute approximate surface area is 108 Å². The first kappa shape index (κ1) is 14.0. The van der Waals surface area contributed by atoms with E-state index in [2.05, 4.69) is 11.4 Å². The third kappa shape index (κ3) is 4.88. The fourth-order valence-electron chi connectivity index (χ4n) is 1.52. The predicted molar refractivity (Wildman–Crippen MR) is 68.8 cm³/mol. The molecule has 4 heteroatoms. The number of carbonyl (C=O) groups excluding carboxylic acids is 1. The zero-order valence-corrected chi connectivity index (χ0v) is 10.6. The molecule has 1 unspecified atom stereocenters. The summed E-state index contributed by atoms with van der Waals surface area (Å²) in [6.07, 6.45) is 1.59. The molecule has 1 atom stereocenters. The van der Waals surface area contributed by atoms with Gasteiger partial charge in [0, 0.05) is 0 Å². The smallest absolute Gasteiger partial charge is 0.407 e. The van der Waals surface area contributed by atoms with Gasteiger partial charge in [-0.25, -0.2) is 4.79 Å². The van der Waals surface area contributed by atoms with Crippen LogP contribution in [0.25, 0.3) is 0 Å². The third-order valence-electron chi connectivity index (χ3n) is 2.52. The number of nitrogens with zero attached hydrogens (tertiary/aromatic N) is 1. The molecule has 1 N–H and O–H groups in total. The standard InChI is InChI=1S/C14H18N2O2/c1-2-3-11-18-14(17)16-13(9-10-15)12-7-5-4-6-8-12/h4-8,13H,2-3,9,11H2,1H3,(H,16,17). The molecular weight excluding hydrogens is 228 g/mol. The number of alkyl carbamates (subject to hydrolysis) is 1. The Kier molecular flexibility index (Phi) is 6.34. The fourth-order valence-corrected chi connectivity index (χ4v) is 1.52. The van der Waals surface area contributed by atoms with Crippen LogP contribution in [-0.4, -0.2) is 12.7 Å². The van der Waals surface area contributed by atoms with Crippen LogP contribution in [0.3, 0.4) is 0 Å². The van der Waals surface area contributed by atoms with Crippen LogP contribution in [0.4, 0.5) is 4.79 Å². The summed E-state index contributed by atoms with van der Waals surface area (Å²) >= 11 is 0. The van der Waals surface area contributed by atoms with Crippen molar-refractivity contribution in [2.45, 2.75) is 32.2 Å². The van der Waals surface area contributed by atoms with Crippen molar-refractivity contribution in [1.82, 2.24) is 5.32 Å². The van der Waals surface area contributed by atoms with Crippen LogP contribution in [0, 0.1) is 11.3 Å². The summed E-state index contributed by atoms with van der Waals surface area (Å²) < 4.78 is 5.02. The predicted octanol–water partition coefficient (Wildman–Crippen LogP) is 3.17. The van der Waals surface area contributed by atoms with Gasteiger partial charge in [-0.05, 0) is 12.0 Å². The Bertz CT molecular complexity index is 398. The van der Waals surface area contributed by atoms with E-state index >= 15 is 0 Å². The molecule has 0 aliphatic heterocycles. The lowest BCUT2D eigenvalue weighted by Gasteiger charge is -2.16. The molecule has 0 heterocycles. The van der Waals surface area contributed by atoms with Crippen molar-refractivity contribution in [3.8, 4) is 6.07 Å². The van der Waals surface area contributed by atoms with Crippen LogP contribution in [0.15, 0.2) is 30.3 Å². The fraction of sp³-hybridized carbons (Fsp3) is 0.429. The van der Waals surface area contributed by atoms with Crippen molar-refractivity contribution in [2.24, 2.45) is 0 Å². The molecule has 0 bridgehead atoms. The van der Waals surface area contributed by atoms with Gasteiger partial charge >= 0.3 is 6.09 Å². The minimum atomic E-state index is -0.465. The number of unbranched alkanes of at least 4 members (excludes halogenated alkanes) is 1. The van der Waals surface area contributed by atoms with Gasteiger partial charge in [-0.3, -0.25) is 0 Å². The second-order valence-electron chi connectivity index (χ2n) is 3.96. The van der Waals surface area contributed by atoms with Gasteiger partial charge in [-0.2, -0.15) is 5.26 Å². The Morgan fingerprint density at radius 2 is 2.17 bits per heavy atom. The third-order valence-corrected chi connectivity index (χ3v) is 2.52. The van der Waals surface area contributed by atoms with Gasteiger partial charge < -0.3 is 10.1 Å². The largest absolute Gasteiger partial charge is 0.450 e. The van der Waals surface area contributed by atoms with Crippen molar-refractivity contribution < 1.29 is 9.53 Å². The molecule has 96 valence electrons. The van der Waals surface area contributed by atoms with E-state index < -0.39 is 6.09 Å². The van der Waals surface area contributed by atoms with E-state index in [0.29, 0.717) is 6.61 Å². The van der Waals surface area contributed by atoms with Crippen molar-refractivity contribution >= 4 is 6.09 Å². The number of benzene rings is 1. The van der Waals surface area contributed by atoms with Gasteiger partial charge in [0.1, 0.15) is 0 Å². The van der Waals surface area contributed by atoms with E-state index in [4.69, 9.17) is 10.00 Å². The summed E-state index contributed by atoms with van der Waals surface area (Å²) in [7, 11) is 0. The highest BCUT2D eigenvalue weighted by Crippen LogP contribution is 2.15. The van der Waals surface area contributed by atoms with Crippen LogP contribution in [-0.2, 0) is 4.74 Å². The summed E-state index contributed by atoms with van der Waals surface area (Å²) in [5, 5.41) is 11.5. The van der Waals surface area contributed by atoms with E-state index in [9.17, 15) is 4.79 Å². The number of ether oxygens (including phenoxy) is 1. The monoisotopic (exact) mass is 246 g/mol. The minimum Gasteiger partial charge on any atom is -0.450 e. The van der Waals surface area contributed by atoms with Gasteiger partial charge in [0.2, 0.25) is 0 Å². The van der Waals surface area contributed by atoms with Gasteiger partial charge in [-0.1, -0.05) is 43.7 Å². The molecule has 0 spiro atoms. The Morgan fingerprint density at radius 3 is 2.78 bits per heavy atom. The average molecular weight is 246 g/mol. The van der Waals surface area contributed by atoms with Crippen LogP contribution in [0.5, 0.6) is 0 Å². The molecule has 0 fully saturated rings. The molecular formula is C14H18N2O2. The molecule has 0 saturated heterocycles. The lowest BCUT2D eigenvalue weighted by molar-refractivity contribution is 0.140. The van der Waals surface area contributed by atoms with E-state index in [1.807, 2.05) is 37.3 Å². The molecule has 0 aromatic heterocycles. The van der Waals surface area contributed by atoms with E-state index in [1.165, 1.54) is 0 Å². The number of hydrogen-bond acceptors (Lipinski definition) is 3. The number of nitrogens with one attached hydrogen (secondary N) is 1. The summed E-state index contributed by atoms with van der Waals surface area (Å²) in [5.41, 5.74) is 0.909. The molecule has 1 amide bonds. The molecule has 1 aromatic rings. The molecule has 0 aliphatic rings. The number of amides is 1. The minimum absolute atomic E-state index is 0.229.